The number of pyridine rings is 3. The van der Waals surface area contributed by atoms with Crippen LogP contribution in [0.1, 0.15) is 31.8 Å². The molecule has 40 heavy (non-hydrogen) atoms. The average Bonchev–Trinajstić information content (AvgIpc) is 2.98. The number of carboxylic acids is 2. The lowest BCUT2D eigenvalue weighted by Gasteiger charge is -2.08. The van der Waals surface area contributed by atoms with Crippen LogP contribution >= 0.6 is 0 Å². The van der Waals surface area contributed by atoms with Crippen molar-refractivity contribution in [3.8, 4) is 22.8 Å². The van der Waals surface area contributed by atoms with Crippen molar-refractivity contribution in [2.45, 2.75) is 0 Å². The van der Waals surface area contributed by atoms with Crippen LogP contribution in [0.5, 0.6) is 0 Å². The highest BCUT2D eigenvalue weighted by Gasteiger charge is 2.14. The molecule has 3 heterocycles. The van der Waals surface area contributed by atoms with Crippen LogP contribution in [0, 0.1) is 0 Å². The van der Waals surface area contributed by atoms with Gasteiger partial charge in [0.25, 0.3) is 0 Å². The lowest BCUT2D eigenvalue weighted by atomic mass is 10.0. The molecule has 0 aliphatic rings. The van der Waals surface area contributed by atoms with E-state index in [9.17, 15) is 19.8 Å². The number of fused-ring (bicyclic) bond motifs is 2. The summed E-state index contributed by atoms with van der Waals surface area (Å²) in [5, 5.41) is 23.7. The molecule has 0 aliphatic carbocycles. The first-order valence-corrected chi connectivity index (χ1v) is 12.5. The van der Waals surface area contributed by atoms with E-state index in [4.69, 9.17) is 0 Å². The van der Waals surface area contributed by atoms with Crippen molar-refractivity contribution in [1.29, 1.82) is 0 Å². The predicted molar refractivity (Wildman–Crippen MR) is 155 cm³/mol. The van der Waals surface area contributed by atoms with Gasteiger partial charge in [-0.2, -0.15) is 0 Å². The first kappa shape index (κ1) is 24.6. The molecular weight excluding hydrogens is 502 g/mol. The van der Waals surface area contributed by atoms with Gasteiger partial charge < -0.3 is 10.2 Å². The Hall–Kier alpha value is -5.69. The van der Waals surface area contributed by atoms with Crippen molar-refractivity contribution in [3.05, 3.63) is 126 Å². The van der Waals surface area contributed by atoms with Crippen LogP contribution in [0.4, 0.5) is 0 Å². The standard InChI is InChI=1S/C33H21N3O4/c37-32(38)25-10-12-35-29(17-25)31-19-27(33(39)40)18-30(36-31)28-14-21(9-11-34-28)6-5-20-7-8-24-15-22-3-1-2-4-23(22)16-26(24)13-20/h1-19H,(H,37,38)(H,39,40)/b6-5+. The van der Waals surface area contributed by atoms with Crippen molar-refractivity contribution in [2.24, 2.45) is 0 Å². The van der Waals surface area contributed by atoms with Gasteiger partial charge in [-0.15, -0.1) is 0 Å². The Kier molecular flexibility index (Phi) is 6.30. The molecule has 7 nitrogen and oxygen atoms in total. The first-order chi connectivity index (χ1) is 19.4. The van der Waals surface area contributed by atoms with Gasteiger partial charge in [0.2, 0.25) is 0 Å². The topological polar surface area (TPSA) is 113 Å². The van der Waals surface area contributed by atoms with E-state index in [-0.39, 0.29) is 22.5 Å². The van der Waals surface area contributed by atoms with Crippen LogP contribution in [0.15, 0.2) is 103 Å². The van der Waals surface area contributed by atoms with E-state index < -0.39 is 11.9 Å². The monoisotopic (exact) mass is 523 g/mol. The third kappa shape index (κ3) is 5.04. The Bertz CT molecular complexity index is 1980. The second-order valence-electron chi connectivity index (χ2n) is 9.28. The first-order valence-electron chi connectivity index (χ1n) is 12.5. The zero-order chi connectivity index (χ0) is 27.6. The number of carbonyl (C=O) groups is 2. The number of carboxylic acid groups (broad SMARTS) is 2. The van der Waals surface area contributed by atoms with Crippen molar-refractivity contribution >= 4 is 45.6 Å². The van der Waals surface area contributed by atoms with Crippen molar-refractivity contribution in [2.75, 3.05) is 0 Å². The van der Waals surface area contributed by atoms with Crippen molar-refractivity contribution < 1.29 is 19.8 Å². The van der Waals surface area contributed by atoms with Gasteiger partial charge in [-0.25, -0.2) is 14.6 Å². The molecule has 0 saturated heterocycles. The third-order valence-electron chi connectivity index (χ3n) is 6.59. The molecule has 6 aromatic rings. The van der Waals surface area contributed by atoms with Gasteiger partial charge in [-0.1, -0.05) is 48.6 Å². The second kappa shape index (κ2) is 10.2. The number of aromatic carboxylic acids is 2. The number of benzene rings is 3. The highest BCUT2D eigenvalue weighted by Crippen LogP contribution is 2.26. The molecule has 7 heteroatoms. The minimum Gasteiger partial charge on any atom is -0.478 e. The van der Waals surface area contributed by atoms with E-state index >= 15 is 0 Å². The van der Waals surface area contributed by atoms with Crippen molar-refractivity contribution in [3.63, 3.8) is 0 Å². The molecule has 0 radical (unpaired) electrons. The Labute approximate surface area is 228 Å². The molecule has 0 aliphatic heterocycles. The maximum Gasteiger partial charge on any atom is 0.335 e. The molecule has 0 bridgehead atoms. The van der Waals surface area contributed by atoms with Gasteiger partial charge in [-0.3, -0.25) is 9.97 Å². The third-order valence-corrected chi connectivity index (χ3v) is 6.59. The normalized spacial score (nSPS) is 11.3. The number of aromatic nitrogens is 3. The summed E-state index contributed by atoms with van der Waals surface area (Å²) in [6, 6.07) is 28.2. The molecule has 192 valence electrons. The molecule has 6 rings (SSSR count). The molecule has 0 atom stereocenters. The SMILES string of the molecule is O=C(O)c1ccnc(-c2cc(C(=O)O)cc(-c3cc(/C=C/c4ccc5cc6ccccc6cc5c4)ccn3)n2)c1. The van der Waals surface area contributed by atoms with E-state index in [0.717, 1.165) is 16.5 Å². The molecule has 0 unspecified atom stereocenters. The van der Waals surface area contributed by atoms with E-state index in [1.54, 1.807) is 6.20 Å². The molecular formula is C33H21N3O4. The quantitative estimate of drug-likeness (QED) is 0.224. The van der Waals surface area contributed by atoms with Crippen LogP contribution in [0.25, 0.3) is 56.5 Å². The van der Waals surface area contributed by atoms with E-state index in [2.05, 4.69) is 57.4 Å². The predicted octanol–water partition coefficient (Wildman–Crippen LogP) is 7.08. The smallest absolute Gasteiger partial charge is 0.335 e. The Morgan fingerprint density at radius 1 is 0.525 bits per heavy atom. The fourth-order valence-electron chi connectivity index (χ4n) is 4.57. The number of hydrogen-bond donors (Lipinski definition) is 2. The molecule has 0 amide bonds. The van der Waals surface area contributed by atoms with Gasteiger partial charge in [0.1, 0.15) is 0 Å². The summed E-state index contributed by atoms with van der Waals surface area (Å²) in [5.41, 5.74) is 3.23. The summed E-state index contributed by atoms with van der Waals surface area (Å²) in [5.74, 6) is -2.25. The molecule has 3 aromatic carbocycles. The van der Waals surface area contributed by atoms with E-state index in [0.29, 0.717) is 11.4 Å². The largest absolute Gasteiger partial charge is 0.478 e. The minimum atomic E-state index is -1.14. The number of nitrogens with zero attached hydrogens (tertiary/aromatic N) is 3. The summed E-state index contributed by atoms with van der Waals surface area (Å²) in [6.45, 7) is 0. The summed E-state index contributed by atoms with van der Waals surface area (Å²) in [7, 11) is 0. The second-order valence-corrected chi connectivity index (χ2v) is 9.28. The summed E-state index contributed by atoms with van der Waals surface area (Å²) in [6.07, 6.45) is 6.97. The number of hydrogen-bond acceptors (Lipinski definition) is 5. The molecule has 0 saturated carbocycles. The average molecular weight is 524 g/mol. The van der Waals surface area contributed by atoms with E-state index in [1.165, 1.54) is 46.6 Å². The van der Waals surface area contributed by atoms with Gasteiger partial charge >= 0.3 is 11.9 Å². The lowest BCUT2D eigenvalue weighted by molar-refractivity contribution is 0.0686. The maximum absolute atomic E-state index is 11.9. The fraction of sp³-hybridized carbons (Fsp3) is 0. The highest BCUT2D eigenvalue weighted by atomic mass is 16.4. The van der Waals surface area contributed by atoms with Crippen LogP contribution in [-0.2, 0) is 0 Å². The maximum atomic E-state index is 11.9. The Morgan fingerprint density at radius 3 is 1.75 bits per heavy atom. The molecule has 0 spiro atoms. The van der Waals surface area contributed by atoms with Crippen LogP contribution in [0.2, 0.25) is 0 Å². The number of rotatable bonds is 6. The zero-order valence-electron chi connectivity index (χ0n) is 21.0. The van der Waals surface area contributed by atoms with Gasteiger partial charge in [0.05, 0.1) is 33.9 Å². The van der Waals surface area contributed by atoms with Gasteiger partial charge in [-0.05, 0) is 87.3 Å². The fourth-order valence-corrected chi connectivity index (χ4v) is 4.57. The Morgan fingerprint density at radius 2 is 1.07 bits per heavy atom. The zero-order valence-corrected chi connectivity index (χ0v) is 21.0. The summed E-state index contributed by atoms with van der Waals surface area (Å²) in [4.78, 5) is 36.4. The molecule has 0 fully saturated rings. The summed E-state index contributed by atoms with van der Waals surface area (Å²) < 4.78 is 0. The molecule has 2 N–H and O–H groups in total. The van der Waals surface area contributed by atoms with Crippen molar-refractivity contribution in [1.82, 2.24) is 15.0 Å². The highest BCUT2D eigenvalue weighted by molar-refractivity contribution is 5.99. The van der Waals surface area contributed by atoms with Gasteiger partial charge in [0, 0.05) is 12.4 Å². The van der Waals surface area contributed by atoms with Gasteiger partial charge in [0.15, 0.2) is 0 Å². The van der Waals surface area contributed by atoms with E-state index in [1.807, 2.05) is 36.4 Å². The minimum absolute atomic E-state index is 0.00559. The van der Waals surface area contributed by atoms with Crippen LogP contribution in [0.3, 0.4) is 0 Å². The summed E-state index contributed by atoms with van der Waals surface area (Å²) >= 11 is 0. The molecule has 3 aromatic heterocycles. The Balaban J connectivity index is 1.34. The lowest BCUT2D eigenvalue weighted by Crippen LogP contribution is -2.02. The van der Waals surface area contributed by atoms with Crippen LogP contribution < -0.4 is 0 Å². The van der Waals surface area contributed by atoms with Crippen LogP contribution in [-0.4, -0.2) is 37.1 Å².